The Bertz CT molecular complexity index is 343. The van der Waals surface area contributed by atoms with Gasteiger partial charge in [-0.1, -0.05) is 20.8 Å². The second-order valence-electron chi connectivity index (χ2n) is 5.54. The molecule has 0 aliphatic carbocycles. The second-order valence-corrected chi connectivity index (χ2v) is 7.58. The van der Waals surface area contributed by atoms with Gasteiger partial charge in [-0.3, -0.25) is 0 Å². The van der Waals surface area contributed by atoms with Crippen molar-refractivity contribution < 1.29 is 8.42 Å². The minimum absolute atomic E-state index is 0.450. The van der Waals surface area contributed by atoms with Crippen LogP contribution in [0, 0.1) is 5.92 Å². The third-order valence-corrected chi connectivity index (χ3v) is 5.26. The standard InChI is InChI=1S/C12H27N3O2S/c1-11(2)13-7-5-8-14(4)18(16,17)15-9-6-12(3)10-15/h11-13H,5-10H2,1-4H3. The van der Waals surface area contributed by atoms with Gasteiger partial charge in [-0.05, 0) is 25.3 Å². The average molecular weight is 277 g/mol. The maximum atomic E-state index is 12.2. The van der Waals surface area contributed by atoms with E-state index in [9.17, 15) is 8.42 Å². The van der Waals surface area contributed by atoms with Crippen molar-refractivity contribution in [1.82, 2.24) is 13.9 Å². The van der Waals surface area contributed by atoms with E-state index in [0.29, 0.717) is 31.6 Å². The zero-order chi connectivity index (χ0) is 13.8. The van der Waals surface area contributed by atoms with Crippen LogP contribution in [-0.2, 0) is 10.2 Å². The Hall–Kier alpha value is -0.170. The van der Waals surface area contributed by atoms with E-state index in [-0.39, 0.29) is 0 Å². The Labute approximate surface area is 112 Å². The molecule has 0 aromatic heterocycles. The first-order chi connectivity index (χ1) is 8.34. The predicted octanol–water partition coefficient (Wildman–Crippen LogP) is 0.893. The maximum Gasteiger partial charge on any atom is 0.281 e. The molecule has 1 rings (SSSR count). The highest BCUT2D eigenvalue weighted by Gasteiger charge is 2.31. The second kappa shape index (κ2) is 6.84. The Morgan fingerprint density at radius 1 is 1.44 bits per heavy atom. The number of rotatable bonds is 7. The highest BCUT2D eigenvalue weighted by atomic mass is 32.2. The van der Waals surface area contributed by atoms with Gasteiger partial charge in [0, 0.05) is 32.7 Å². The average Bonchev–Trinajstić information content (AvgIpc) is 2.71. The zero-order valence-corrected chi connectivity index (χ0v) is 12.8. The Balaban J connectivity index is 2.37. The molecule has 0 amide bonds. The van der Waals surface area contributed by atoms with Gasteiger partial charge >= 0.3 is 0 Å². The first kappa shape index (κ1) is 15.9. The van der Waals surface area contributed by atoms with Gasteiger partial charge in [0.1, 0.15) is 0 Å². The molecule has 1 unspecified atom stereocenters. The lowest BCUT2D eigenvalue weighted by Gasteiger charge is -2.24. The van der Waals surface area contributed by atoms with E-state index in [1.165, 1.54) is 4.31 Å². The first-order valence-electron chi connectivity index (χ1n) is 6.79. The van der Waals surface area contributed by atoms with Gasteiger partial charge in [0.2, 0.25) is 0 Å². The summed E-state index contributed by atoms with van der Waals surface area (Å²) in [6.45, 7) is 9.04. The quantitative estimate of drug-likeness (QED) is 0.703. The van der Waals surface area contributed by atoms with Crippen LogP contribution >= 0.6 is 0 Å². The molecule has 0 spiro atoms. The van der Waals surface area contributed by atoms with E-state index in [1.807, 2.05) is 0 Å². The number of nitrogens with zero attached hydrogens (tertiary/aromatic N) is 2. The molecule has 5 nitrogen and oxygen atoms in total. The van der Waals surface area contributed by atoms with E-state index in [4.69, 9.17) is 0 Å². The Kier molecular flexibility index (Phi) is 6.04. The zero-order valence-electron chi connectivity index (χ0n) is 12.0. The van der Waals surface area contributed by atoms with E-state index in [2.05, 4.69) is 26.1 Å². The summed E-state index contributed by atoms with van der Waals surface area (Å²) in [4.78, 5) is 0. The Morgan fingerprint density at radius 3 is 2.61 bits per heavy atom. The van der Waals surface area contributed by atoms with Crippen LogP contribution in [0.4, 0.5) is 0 Å². The van der Waals surface area contributed by atoms with E-state index in [1.54, 1.807) is 11.4 Å². The minimum Gasteiger partial charge on any atom is -0.314 e. The largest absolute Gasteiger partial charge is 0.314 e. The first-order valence-corrected chi connectivity index (χ1v) is 8.18. The molecule has 1 N–H and O–H groups in total. The van der Waals surface area contributed by atoms with Crippen molar-refractivity contribution in [3.05, 3.63) is 0 Å². The molecular formula is C12H27N3O2S. The third-order valence-electron chi connectivity index (χ3n) is 3.31. The van der Waals surface area contributed by atoms with Crippen molar-refractivity contribution in [1.29, 1.82) is 0 Å². The van der Waals surface area contributed by atoms with Gasteiger partial charge in [-0.15, -0.1) is 0 Å². The summed E-state index contributed by atoms with van der Waals surface area (Å²) in [7, 11) is -1.56. The number of nitrogens with one attached hydrogen (secondary N) is 1. The van der Waals surface area contributed by atoms with E-state index in [0.717, 1.165) is 19.4 Å². The lowest BCUT2D eigenvalue weighted by molar-refractivity contribution is 0.382. The van der Waals surface area contributed by atoms with Crippen LogP contribution in [0.15, 0.2) is 0 Å². The fourth-order valence-corrected chi connectivity index (χ4v) is 3.64. The predicted molar refractivity (Wildman–Crippen MR) is 74.7 cm³/mol. The van der Waals surface area contributed by atoms with Gasteiger partial charge < -0.3 is 5.32 Å². The van der Waals surface area contributed by atoms with Gasteiger partial charge in [-0.25, -0.2) is 0 Å². The lowest BCUT2D eigenvalue weighted by Crippen LogP contribution is -2.41. The van der Waals surface area contributed by atoms with Gasteiger partial charge in [0.15, 0.2) is 0 Å². The fraction of sp³-hybridized carbons (Fsp3) is 1.00. The van der Waals surface area contributed by atoms with Crippen molar-refractivity contribution >= 4 is 10.2 Å². The van der Waals surface area contributed by atoms with Crippen molar-refractivity contribution in [2.24, 2.45) is 5.92 Å². The minimum atomic E-state index is -3.23. The third kappa shape index (κ3) is 4.50. The summed E-state index contributed by atoms with van der Waals surface area (Å²) in [6, 6.07) is 0.450. The van der Waals surface area contributed by atoms with E-state index < -0.39 is 10.2 Å². The van der Waals surface area contributed by atoms with Gasteiger partial charge in [0.25, 0.3) is 10.2 Å². The van der Waals surface area contributed by atoms with Crippen molar-refractivity contribution in [2.75, 3.05) is 33.2 Å². The van der Waals surface area contributed by atoms with Crippen LogP contribution in [0.2, 0.25) is 0 Å². The monoisotopic (exact) mass is 277 g/mol. The molecule has 18 heavy (non-hydrogen) atoms. The molecule has 0 aromatic carbocycles. The molecule has 1 fully saturated rings. The van der Waals surface area contributed by atoms with Crippen LogP contribution in [0.5, 0.6) is 0 Å². The van der Waals surface area contributed by atoms with Crippen LogP contribution in [-0.4, -0.2) is 56.3 Å². The summed E-state index contributed by atoms with van der Waals surface area (Å²) in [6.07, 6.45) is 1.82. The van der Waals surface area contributed by atoms with Crippen LogP contribution in [0.25, 0.3) is 0 Å². The highest BCUT2D eigenvalue weighted by molar-refractivity contribution is 7.86. The van der Waals surface area contributed by atoms with Gasteiger partial charge in [-0.2, -0.15) is 17.0 Å². The molecule has 1 atom stereocenters. The molecule has 1 aliphatic heterocycles. The van der Waals surface area contributed by atoms with Crippen molar-refractivity contribution in [3.8, 4) is 0 Å². The highest BCUT2D eigenvalue weighted by Crippen LogP contribution is 2.20. The summed E-state index contributed by atoms with van der Waals surface area (Å²) in [5, 5.41) is 3.29. The maximum absolute atomic E-state index is 12.2. The topological polar surface area (TPSA) is 52.7 Å². The van der Waals surface area contributed by atoms with E-state index >= 15 is 0 Å². The smallest absolute Gasteiger partial charge is 0.281 e. The van der Waals surface area contributed by atoms with Crippen molar-refractivity contribution in [2.45, 2.75) is 39.7 Å². The number of hydrogen-bond acceptors (Lipinski definition) is 3. The van der Waals surface area contributed by atoms with Crippen LogP contribution in [0.3, 0.4) is 0 Å². The van der Waals surface area contributed by atoms with Crippen molar-refractivity contribution in [3.63, 3.8) is 0 Å². The summed E-state index contributed by atoms with van der Waals surface area (Å²) >= 11 is 0. The molecule has 1 aliphatic rings. The molecule has 0 saturated carbocycles. The van der Waals surface area contributed by atoms with Crippen LogP contribution in [0.1, 0.15) is 33.6 Å². The molecule has 108 valence electrons. The molecule has 0 radical (unpaired) electrons. The summed E-state index contributed by atoms with van der Waals surface area (Å²) in [5.74, 6) is 0.482. The molecule has 1 saturated heterocycles. The Morgan fingerprint density at radius 2 is 2.11 bits per heavy atom. The fourth-order valence-electron chi connectivity index (χ4n) is 2.11. The normalized spacial score (nSPS) is 22.2. The number of hydrogen-bond donors (Lipinski definition) is 1. The molecular weight excluding hydrogens is 250 g/mol. The lowest BCUT2D eigenvalue weighted by atomic mass is 10.2. The molecule has 0 aromatic rings. The molecule has 6 heteroatoms. The molecule has 1 heterocycles. The molecule has 0 bridgehead atoms. The van der Waals surface area contributed by atoms with Gasteiger partial charge in [0.05, 0.1) is 0 Å². The summed E-state index contributed by atoms with van der Waals surface area (Å²) in [5.41, 5.74) is 0. The summed E-state index contributed by atoms with van der Waals surface area (Å²) < 4.78 is 27.6. The van der Waals surface area contributed by atoms with Crippen LogP contribution < -0.4 is 5.32 Å². The SMILES string of the molecule is CC1CCN(S(=O)(=O)N(C)CCCNC(C)C)C1.